The number of nitrogens with one attached hydrogen (secondary N) is 1. The number of carbonyl (C=O) groups excluding carboxylic acids is 1. The standard InChI is InChI=1S/C19H20Cl2N4O3S/c1-12(2)24(3)29(27,28)15-5-6-17(21)16(8-15)19(26)22-9-14-11-25-10-13(20)4-7-18(25)23-14/h4-8,10-12H,9H2,1-3H3,(H,22,26). The van der Waals surface area contributed by atoms with Crippen LogP contribution in [0.4, 0.5) is 0 Å². The summed E-state index contributed by atoms with van der Waals surface area (Å²) < 4.78 is 28.4. The molecule has 1 N–H and O–H groups in total. The zero-order valence-corrected chi connectivity index (χ0v) is 18.4. The van der Waals surface area contributed by atoms with E-state index in [1.165, 1.54) is 29.6 Å². The van der Waals surface area contributed by atoms with Crippen LogP contribution in [0.25, 0.3) is 5.65 Å². The largest absolute Gasteiger partial charge is 0.346 e. The highest BCUT2D eigenvalue weighted by molar-refractivity contribution is 7.89. The highest BCUT2D eigenvalue weighted by Crippen LogP contribution is 2.23. The van der Waals surface area contributed by atoms with E-state index in [4.69, 9.17) is 23.2 Å². The monoisotopic (exact) mass is 454 g/mol. The molecule has 0 saturated carbocycles. The maximum absolute atomic E-state index is 12.7. The van der Waals surface area contributed by atoms with E-state index in [-0.39, 0.29) is 28.1 Å². The first kappa shape index (κ1) is 21.6. The summed E-state index contributed by atoms with van der Waals surface area (Å²) in [6, 6.07) is 7.35. The summed E-state index contributed by atoms with van der Waals surface area (Å²) in [6.07, 6.45) is 3.47. The summed E-state index contributed by atoms with van der Waals surface area (Å²) >= 11 is 12.1. The minimum absolute atomic E-state index is 0.00521. The number of halogens is 2. The quantitative estimate of drug-likeness (QED) is 0.616. The van der Waals surface area contributed by atoms with Crippen LogP contribution in [0.1, 0.15) is 29.9 Å². The van der Waals surface area contributed by atoms with Crippen LogP contribution in [-0.2, 0) is 16.6 Å². The van der Waals surface area contributed by atoms with E-state index in [0.29, 0.717) is 16.4 Å². The van der Waals surface area contributed by atoms with Gasteiger partial charge in [-0.1, -0.05) is 23.2 Å². The van der Waals surface area contributed by atoms with E-state index >= 15 is 0 Å². The van der Waals surface area contributed by atoms with Gasteiger partial charge in [0.25, 0.3) is 5.91 Å². The van der Waals surface area contributed by atoms with Gasteiger partial charge in [0.1, 0.15) is 5.65 Å². The maximum Gasteiger partial charge on any atom is 0.253 e. The van der Waals surface area contributed by atoms with Gasteiger partial charge in [-0.2, -0.15) is 4.31 Å². The smallest absolute Gasteiger partial charge is 0.253 e. The molecule has 1 aromatic carbocycles. The molecule has 0 aliphatic rings. The predicted octanol–water partition coefficient (Wildman–Crippen LogP) is 3.60. The lowest BCUT2D eigenvalue weighted by molar-refractivity contribution is 0.0950. The van der Waals surface area contributed by atoms with Gasteiger partial charge in [-0.25, -0.2) is 13.4 Å². The lowest BCUT2D eigenvalue weighted by Gasteiger charge is -2.21. The summed E-state index contributed by atoms with van der Waals surface area (Å²) in [5.41, 5.74) is 1.40. The first-order valence-corrected chi connectivity index (χ1v) is 11.0. The number of nitrogens with zero attached hydrogens (tertiary/aromatic N) is 3. The minimum Gasteiger partial charge on any atom is -0.346 e. The Labute approximate surface area is 179 Å². The molecule has 0 unspecified atom stereocenters. The Kier molecular flexibility index (Phi) is 6.19. The molecule has 0 fully saturated rings. The summed E-state index contributed by atoms with van der Waals surface area (Å²) in [6.45, 7) is 3.68. The molecule has 2 aromatic heterocycles. The van der Waals surface area contributed by atoms with Crippen molar-refractivity contribution in [1.82, 2.24) is 19.0 Å². The second-order valence-corrected chi connectivity index (χ2v) is 9.63. The Morgan fingerprint density at radius 2 is 1.93 bits per heavy atom. The molecule has 3 aromatic rings. The van der Waals surface area contributed by atoms with Crippen molar-refractivity contribution in [3.63, 3.8) is 0 Å². The molecule has 154 valence electrons. The van der Waals surface area contributed by atoms with Crippen molar-refractivity contribution in [3.05, 3.63) is 64.0 Å². The number of imidazole rings is 1. The molecule has 2 heterocycles. The van der Waals surface area contributed by atoms with Gasteiger partial charge >= 0.3 is 0 Å². The fraction of sp³-hybridized carbons (Fsp3) is 0.263. The van der Waals surface area contributed by atoms with Gasteiger partial charge < -0.3 is 9.72 Å². The van der Waals surface area contributed by atoms with Crippen LogP contribution >= 0.6 is 23.2 Å². The third kappa shape index (κ3) is 4.56. The van der Waals surface area contributed by atoms with Gasteiger partial charge in [-0.15, -0.1) is 0 Å². The minimum atomic E-state index is -3.73. The molecule has 29 heavy (non-hydrogen) atoms. The van der Waals surface area contributed by atoms with Gasteiger partial charge in [-0.05, 0) is 44.2 Å². The van der Waals surface area contributed by atoms with Crippen molar-refractivity contribution >= 4 is 44.8 Å². The fourth-order valence-electron chi connectivity index (χ4n) is 2.65. The summed E-state index contributed by atoms with van der Waals surface area (Å²) in [5, 5.41) is 3.46. The zero-order valence-electron chi connectivity index (χ0n) is 16.1. The van der Waals surface area contributed by atoms with Crippen LogP contribution in [-0.4, -0.2) is 41.1 Å². The van der Waals surface area contributed by atoms with Crippen LogP contribution < -0.4 is 5.32 Å². The maximum atomic E-state index is 12.7. The number of hydrogen-bond acceptors (Lipinski definition) is 4. The summed E-state index contributed by atoms with van der Waals surface area (Å²) in [5.74, 6) is -0.491. The molecule has 10 heteroatoms. The van der Waals surface area contributed by atoms with Crippen molar-refractivity contribution < 1.29 is 13.2 Å². The third-order valence-corrected chi connectivity index (χ3v) is 7.06. The first-order chi connectivity index (χ1) is 13.6. The zero-order chi connectivity index (χ0) is 21.3. The lowest BCUT2D eigenvalue weighted by atomic mass is 10.2. The number of sulfonamides is 1. The van der Waals surface area contributed by atoms with E-state index in [0.717, 1.165) is 0 Å². The Bertz CT molecular complexity index is 1180. The number of fused-ring (bicyclic) bond motifs is 1. The molecule has 0 radical (unpaired) electrons. The molecule has 0 aliphatic heterocycles. The number of amides is 1. The number of aromatic nitrogens is 2. The van der Waals surface area contributed by atoms with Gasteiger partial charge in [0, 0.05) is 25.5 Å². The van der Waals surface area contributed by atoms with Crippen LogP contribution in [0.15, 0.2) is 47.6 Å². The molecule has 0 bridgehead atoms. The Morgan fingerprint density at radius 1 is 1.21 bits per heavy atom. The van der Waals surface area contributed by atoms with Crippen molar-refractivity contribution in [2.75, 3.05) is 7.05 Å². The fourth-order valence-corrected chi connectivity index (χ4v) is 4.42. The van der Waals surface area contributed by atoms with E-state index in [2.05, 4.69) is 10.3 Å². The number of hydrogen-bond donors (Lipinski definition) is 1. The highest BCUT2D eigenvalue weighted by atomic mass is 35.5. The van der Waals surface area contributed by atoms with Crippen molar-refractivity contribution in [3.8, 4) is 0 Å². The SMILES string of the molecule is CC(C)N(C)S(=O)(=O)c1ccc(Cl)c(C(=O)NCc2cn3cc(Cl)ccc3n2)c1. The molecule has 1 amide bonds. The van der Waals surface area contributed by atoms with Crippen molar-refractivity contribution in [2.45, 2.75) is 31.3 Å². The number of benzene rings is 1. The second kappa shape index (κ2) is 8.31. The number of pyridine rings is 1. The second-order valence-electron chi connectivity index (χ2n) is 6.78. The van der Waals surface area contributed by atoms with E-state index in [1.807, 2.05) is 0 Å². The van der Waals surface area contributed by atoms with Crippen LogP contribution in [0.2, 0.25) is 10.0 Å². The summed E-state index contributed by atoms with van der Waals surface area (Å²) in [7, 11) is -2.24. The molecule has 0 saturated heterocycles. The average molecular weight is 455 g/mol. The number of carbonyl (C=O) groups is 1. The normalized spacial score (nSPS) is 12.1. The van der Waals surface area contributed by atoms with Gasteiger partial charge in [0.15, 0.2) is 0 Å². The highest BCUT2D eigenvalue weighted by Gasteiger charge is 2.25. The van der Waals surface area contributed by atoms with Crippen molar-refractivity contribution in [1.29, 1.82) is 0 Å². The van der Waals surface area contributed by atoms with E-state index < -0.39 is 15.9 Å². The molecule has 0 spiro atoms. The molecular formula is C19H20Cl2N4O3S. The Hall–Kier alpha value is -2.13. The molecule has 3 rings (SSSR count). The van der Waals surface area contributed by atoms with Crippen LogP contribution in [0.5, 0.6) is 0 Å². The first-order valence-electron chi connectivity index (χ1n) is 8.78. The topological polar surface area (TPSA) is 83.8 Å². The molecule has 7 nitrogen and oxygen atoms in total. The van der Waals surface area contributed by atoms with Gasteiger partial charge in [0.05, 0.1) is 32.7 Å². The van der Waals surface area contributed by atoms with E-state index in [9.17, 15) is 13.2 Å². The summed E-state index contributed by atoms with van der Waals surface area (Å²) in [4.78, 5) is 17.0. The van der Waals surface area contributed by atoms with Crippen molar-refractivity contribution in [2.24, 2.45) is 0 Å². The van der Waals surface area contributed by atoms with Gasteiger partial charge in [-0.3, -0.25) is 4.79 Å². The Morgan fingerprint density at radius 3 is 2.62 bits per heavy atom. The Balaban J connectivity index is 1.81. The predicted molar refractivity (Wildman–Crippen MR) is 113 cm³/mol. The van der Waals surface area contributed by atoms with Crippen LogP contribution in [0, 0.1) is 0 Å². The van der Waals surface area contributed by atoms with Crippen LogP contribution in [0.3, 0.4) is 0 Å². The lowest BCUT2D eigenvalue weighted by Crippen LogP contribution is -2.33. The average Bonchev–Trinajstić information content (AvgIpc) is 3.07. The number of rotatable bonds is 6. The third-order valence-electron chi connectivity index (χ3n) is 4.48. The molecular weight excluding hydrogens is 435 g/mol. The molecule has 0 atom stereocenters. The van der Waals surface area contributed by atoms with E-state index in [1.54, 1.807) is 42.8 Å². The molecule has 0 aliphatic carbocycles. The van der Waals surface area contributed by atoms with Gasteiger partial charge in [0.2, 0.25) is 10.0 Å².